The fourth-order valence-electron chi connectivity index (χ4n) is 1.24. The van der Waals surface area contributed by atoms with Gasteiger partial charge in [-0.15, -0.1) is 0 Å². The van der Waals surface area contributed by atoms with Crippen molar-refractivity contribution in [3.8, 4) is 0 Å². The molecule has 0 spiro atoms. The molecule has 0 radical (unpaired) electrons. The molecule has 5 heteroatoms. The topological polar surface area (TPSA) is 66.4 Å². The van der Waals surface area contributed by atoms with Crippen molar-refractivity contribution in [2.45, 2.75) is 37.3 Å². The van der Waals surface area contributed by atoms with Gasteiger partial charge in [0.1, 0.15) is 0 Å². The van der Waals surface area contributed by atoms with E-state index in [1.54, 1.807) is 38.1 Å². The van der Waals surface area contributed by atoms with Crippen molar-refractivity contribution in [2.75, 3.05) is 11.6 Å². The van der Waals surface area contributed by atoms with Crippen molar-refractivity contribution in [3.05, 3.63) is 24.3 Å². The van der Waals surface area contributed by atoms with Gasteiger partial charge >= 0.3 is 0 Å². The van der Waals surface area contributed by atoms with Gasteiger partial charge in [0.05, 0.1) is 16.5 Å². The van der Waals surface area contributed by atoms with E-state index in [0.29, 0.717) is 5.69 Å². The number of rotatable bonds is 4. The third-order valence-corrected chi connectivity index (χ3v) is 3.82. The Kier molecular flexibility index (Phi) is 3.84. The molecule has 0 aliphatic heterocycles. The lowest BCUT2D eigenvalue weighted by molar-refractivity contribution is 0.0649. The fraction of sp³-hybridized carbons (Fsp3) is 0.500. The van der Waals surface area contributed by atoms with Gasteiger partial charge in [0, 0.05) is 11.9 Å². The van der Waals surface area contributed by atoms with Crippen LogP contribution in [-0.4, -0.2) is 31.4 Å². The SMILES string of the molecule is CC(Nc1cccc(S(C)(=O)=O)c1)C(C)(C)O. The quantitative estimate of drug-likeness (QED) is 0.861. The van der Waals surface area contributed by atoms with Gasteiger partial charge in [-0.3, -0.25) is 0 Å². The Bertz CT molecular complexity index is 489. The van der Waals surface area contributed by atoms with Crippen LogP contribution in [-0.2, 0) is 9.84 Å². The molecule has 0 aliphatic carbocycles. The second kappa shape index (κ2) is 4.66. The maximum Gasteiger partial charge on any atom is 0.175 e. The highest BCUT2D eigenvalue weighted by Crippen LogP contribution is 2.19. The molecule has 1 unspecified atom stereocenters. The summed E-state index contributed by atoms with van der Waals surface area (Å²) in [5, 5.41) is 12.9. The summed E-state index contributed by atoms with van der Waals surface area (Å²) in [7, 11) is -3.20. The molecule has 0 aromatic heterocycles. The minimum Gasteiger partial charge on any atom is -0.388 e. The van der Waals surface area contributed by atoms with Crippen LogP contribution in [0.15, 0.2) is 29.2 Å². The first-order valence-electron chi connectivity index (χ1n) is 5.40. The van der Waals surface area contributed by atoms with E-state index in [1.807, 2.05) is 6.92 Å². The Labute approximate surface area is 103 Å². The highest BCUT2D eigenvalue weighted by atomic mass is 32.2. The first-order chi connectivity index (χ1) is 7.60. The normalized spacial score (nSPS) is 14.4. The first-order valence-corrected chi connectivity index (χ1v) is 7.29. The highest BCUT2D eigenvalue weighted by molar-refractivity contribution is 7.90. The number of nitrogens with one attached hydrogen (secondary N) is 1. The predicted octanol–water partition coefficient (Wildman–Crippen LogP) is 1.66. The maximum atomic E-state index is 11.4. The molecule has 0 amide bonds. The number of hydrogen-bond acceptors (Lipinski definition) is 4. The average molecular weight is 257 g/mol. The molecule has 1 rings (SSSR count). The summed E-state index contributed by atoms with van der Waals surface area (Å²) in [4.78, 5) is 0.269. The van der Waals surface area contributed by atoms with Gasteiger partial charge in [0.25, 0.3) is 0 Å². The van der Waals surface area contributed by atoms with Crippen LogP contribution in [0.4, 0.5) is 5.69 Å². The van der Waals surface area contributed by atoms with Crippen molar-refractivity contribution in [2.24, 2.45) is 0 Å². The largest absolute Gasteiger partial charge is 0.388 e. The molecular weight excluding hydrogens is 238 g/mol. The third-order valence-electron chi connectivity index (χ3n) is 2.71. The van der Waals surface area contributed by atoms with Crippen LogP contribution >= 0.6 is 0 Å². The molecular formula is C12H19NO3S. The van der Waals surface area contributed by atoms with Crippen LogP contribution in [0.1, 0.15) is 20.8 Å². The van der Waals surface area contributed by atoms with Crippen molar-refractivity contribution >= 4 is 15.5 Å². The van der Waals surface area contributed by atoms with Crippen LogP contribution in [0, 0.1) is 0 Å². The third kappa shape index (κ3) is 4.02. The number of sulfone groups is 1. The van der Waals surface area contributed by atoms with E-state index in [2.05, 4.69) is 5.32 Å². The van der Waals surface area contributed by atoms with E-state index in [-0.39, 0.29) is 10.9 Å². The zero-order chi connectivity index (χ0) is 13.3. The Balaban J connectivity index is 2.95. The number of aliphatic hydroxyl groups is 1. The van der Waals surface area contributed by atoms with Crippen molar-refractivity contribution in [1.29, 1.82) is 0 Å². The molecule has 1 aromatic rings. The lowest BCUT2D eigenvalue weighted by Crippen LogP contribution is -2.39. The van der Waals surface area contributed by atoms with Gasteiger partial charge in [0.15, 0.2) is 9.84 Å². The molecule has 0 fully saturated rings. The summed E-state index contributed by atoms with van der Waals surface area (Å²) in [6, 6.07) is 6.39. The van der Waals surface area contributed by atoms with Crippen LogP contribution in [0.25, 0.3) is 0 Å². The van der Waals surface area contributed by atoms with Crippen molar-refractivity contribution in [3.63, 3.8) is 0 Å². The number of anilines is 1. The Morgan fingerprint density at radius 2 is 1.94 bits per heavy atom. The predicted molar refractivity (Wildman–Crippen MR) is 68.9 cm³/mol. The summed E-state index contributed by atoms with van der Waals surface area (Å²) in [6.45, 7) is 5.24. The number of benzene rings is 1. The van der Waals surface area contributed by atoms with Crippen LogP contribution < -0.4 is 5.32 Å². The Morgan fingerprint density at radius 3 is 2.41 bits per heavy atom. The van der Waals surface area contributed by atoms with Gasteiger partial charge in [-0.2, -0.15) is 0 Å². The maximum absolute atomic E-state index is 11.4. The molecule has 17 heavy (non-hydrogen) atoms. The standard InChI is InChI=1S/C12H19NO3S/c1-9(12(2,3)14)13-10-6-5-7-11(8-10)17(4,15)16/h5-9,13-14H,1-4H3. The smallest absolute Gasteiger partial charge is 0.175 e. The van der Waals surface area contributed by atoms with Crippen LogP contribution in [0.3, 0.4) is 0 Å². The van der Waals surface area contributed by atoms with E-state index in [0.717, 1.165) is 0 Å². The zero-order valence-corrected chi connectivity index (χ0v) is 11.4. The summed E-state index contributed by atoms with van der Waals surface area (Å²) in [5.74, 6) is 0. The molecule has 4 nitrogen and oxygen atoms in total. The summed E-state index contributed by atoms with van der Waals surface area (Å²) >= 11 is 0. The molecule has 2 N–H and O–H groups in total. The molecule has 0 aliphatic rings. The molecule has 1 atom stereocenters. The van der Waals surface area contributed by atoms with Gasteiger partial charge in [-0.1, -0.05) is 6.07 Å². The summed E-state index contributed by atoms with van der Waals surface area (Å²) in [5.41, 5.74) is -0.191. The Morgan fingerprint density at radius 1 is 1.35 bits per heavy atom. The fourth-order valence-corrected chi connectivity index (χ4v) is 1.91. The summed E-state index contributed by atoms with van der Waals surface area (Å²) < 4.78 is 22.8. The average Bonchev–Trinajstić information content (AvgIpc) is 2.15. The molecule has 96 valence electrons. The van der Waals surface area contributed by atoms with E-state index < -0.39 is 15.4 Å². The van der Waals surface area contributed by atoms with Gasteiger partial charge in [0.2, 0.25) is 0 Å². The molecule has 0 bridgehead atoms. The van der Waals surface area contributed by atoms with Gasteiger partial charge in [-0.05, 0) is 39.0 Å². The lowest BCUT2D eigenvalue weighted by atomic mass is 10.0. The first kappa shape index (κ1) is 14.0. The Hall–Kier alpha value is -1.07. The van der Waals surface area contributed by atoms with Crippen molar-refractivity contribution < 1.29 is 13.5 Å². The molecule has 1 aromatic carbocycles. The molecule has 0 saturated heterocycles. The number of hydrogen-bond donors (Lipinski definition) is 2. The lowest BCUT2D eigenvalue weighted by Gasteiger charge is -2.27. The minimum atomic E-state index is -3.20. The minimum absolute atomic E-state index is 0.183. The van der Waals surface area contributed by atoms with Gasteiger partial charge in [-0.25, -0.2) is 8.42 Å². The van der Waals surface area contributed by atoms with E-state index in [4.69, 9.17) is 0 Å². The monoisotopic (exact) mass is 257 g/mol. The van der Waals surface area contributed by atoms with Crippen LogP contribution in [0.5, 0.6) is 0 Å². The van der Waals surface area contributed by atoms with E-state index in [9.17, 15) is 13.5 Å². The highest BCUT2D eigenvalue weighted by Gasteiger charge is 2.22. The zero-order valence-electron chi connectivity index (χ0n) is 10.6. The van der Waals surface area contributed by atoms with Crippen LogP contribution in [0.2, 0.25) is 0 Å². The second-order valence-corrected chi connectivity index (χ2v) is 6.84. The van der Waals surface area contributed by atoms with E-state index in [1.165, 1.54) is 6.26 Å². The van der Waals surface area contributed by atoms with Gasteiger partial charge < -0.3 is 10.4 Å². The molecule has 0 saturated carbocycles. The summed E-state index contributed by atoms with van der Waals surface area (Å²) in [6.07, 6.45) is 1.17. The second-order valence-electron chi connectivity index (χ2n) is 4.82. The van der Waals surface area contributed by atoms with Crippen molar-refractivity contribution in [1.82, 2.24) is 0 Å². The molecule has 0 heterocycles. The van der Waals surface area contributed by atoms with E-state index >= 15 is 0 Å².